The van der Waals surface area contributed by atoms with Crippen LogP contribution in [0.25, 0.3) is 0 Å². The van der Waals surface area contributed by atoms with Gasteiger partial charge in [-0.15, -0.1) is 0 Å². The summed E-state index contributed by atoms with van der Waals surface area (Å²) >= 11 is 0. The number of allylic oxidation sites excluding steroid dienone is 2. The number of rotatable bonds is 15. The molecule has 0 aliphatic carbocycles. The molecule has 1 amide bonds. The third kappa shape index (κ3) is 14.1. The molecule has 1 aliphatic rings. The third-order valence-corrected chi connectivity index (χ3v) is 4.93. The Kier molecular flexibility index (Phi) is 14.3. The summed E-state index contributed by atoms with van der Waals surface area (Å²) in [5.74, 6) is -0.363. The SMILES string of the molecule is [CH2]C([CH2])OC(=O)CCC(CC/C=C\CCCCC)OC(=O)NCCN1CCCC1. The molecular formula is C23H40N2O4. The molecule has 0 bridgehead atoms. The first-order valence-electron chi connectivity index (χ1n) is 11.2. The Hall–Kier alpha value is -1.56. The van der Waals surface area contributed by atoms with Crippen molar-refractivity contribution in [1.82, 2.24) is 10.2 Å². The fraction of sp³-hybridized carbons (Fsp3) is 0.739. The van der Waals surface area contributed by atoms with Crippen LogP contribution in [-0.2, 0) is 14.3 Å². The minimum Gasteiger partial charge on any atom is -0.462 e. The van der Waals surface area contributed by atoms with Gasteiger partial charge in [-0.3, -0.25) is 4.79 Å². The molecule has 1 aliphatic heterocycles. The maximum Gasteiger partial charge on any atom is 0.407 e. The number of carbonyl (C=O) groups excluding carboxylic acids is 2. The van der Waals surface area contributed by atoms with Crippen LogP contribution in [0.2, 0.25) is 0 Å². The highest BCUT2D eigenvalue weighted by atomic mass is 16.6. The molecule has 0 aromatic heterocycles. The topological polar surface area (TPSA) is 67.9 Å². The van der Waals surface area contributed by atoms with Crippen LogP contribution in [-0.4, -0.2) is 55.3 Å². The van der Waals surface area contributed by atoms with E-state index in [1.165, 1.54) is 32.1 Å². The smallest absolute Gasteiger partial charge is 0.407 e. The Balaban J connectivity index is 2.34. The van der Waals surface area contributed by atoms with Crippen LogP contribution in [0.4, 0.5) is 4.79 Å². The predicted molar refractivity (Wildman–Crippen MR) is 116 cm³/mol. The molecule has 6 heteroatoms. The van der Waals surface area contributed by atoms with E-state index in [0.717, 1.165) is 32.5 Å². The molecule has 29 heavy (non-hydrogen) atoms. The number of hydrogen-bond acceptors (Lipinski definition) is 5. The lowest BCUT2D eigenvalue weighted by atomic mass is 10.1. The monoisotopic (exact) mass is 408 g/mol. The minimum atomic E-state index is -0.623. The van der Waals surface area contributed by atoms with Crippen molar-refractivity contribution in [1.29, 1.82) is 0 Å². The van der Waals surface area contributed by atoms with E-state index in [9.17, 15) is 9.59 Å². The zero-order valence-electron chi connectivity index (χ0n) is 18.2. The fourth-order valence-electron chi connectivity index (χ4n) is 3.33. The van der Waals surface area contributed by atoms with E-state index in [1.807, 2.05) is 0 Å². The van der Waals surface area contributed by atoms with Crippen molar-refractivity contribution < 1.29 is 19.1 Å². The van der Waals surface area contributed by atoms with E-state index in [2.05, 4.69) is 43.1 Å². The Morgan fingerprint density at radius 2 is 1.79 bits per heavy atom. The van der Waals surface area contributed by atoms with Gasteiger partial charge in [0.2, 0.25) is 0 Å². The molecule has 0 saturated carbocycles. The summed E-state index contributed by atoms with van der Waals surface area (Å²) in [7, 11) is 0. The van der Waals surface area contributed by atoms with Gasteiger partial charge in [0.05, 0.1) is 0 Å². The van der Waals surface area contributed by atoms with Crippen molar-refractivity contribution in [2.75, 3.05) is 26.2 Å². The van der Waals surface area contributed by atoms with E-state index in [1.54, 1.807) is 0 Å². The van der Waals surface area contributed by atoms with Crippen LogP contribution in [0, 0.1) is 13.8 Å². The quantitative estimate of drug-likeness (QED) is 0.246. The van der Waals surface area contributed by atoms with Crippen LogP contribution in [0.1, 0.15) is 71.1 Å². The number of hydrogen-bond donors (Lipinski definition) is 1. The van der Waals surface area contributed by atoms with Crippen LogP contribution in [0.15, 0.2) is 12.2 Å². The predicted octanol–water partition coefficient (Wildman–Crippen LogP) is 4.45. The first kappa shape index (κ1) is 25.5. The lowest BCUT2D eigenvalue weighted by Gasteiger charge is -2.19. The molecule has 166 valence electrons. The molecule has 2 radical (unpaired) electrons. The van der Waals surface area contributed by atoms with Crippen molar-refractivity contribution in [3.8, 4) is 0 Å². The van der Waals surface area contributed by atoms with Gasteiger partial charge >= 0.3 is 12.1 Å². The second-order valence-electron chi connectivity index (χ2n) is 7.70. The molecule has 0 aromatic rings. The van der Waals surface area contributed by atoms with Crippen LogP contribution < -0.4 is 5.32 Å². The Morgan fingerprint density at radius 3 is 2.48 bits per heavy atom. The van der Waals surface area contributed by atoms with Gasteiger partial charge in [0, 0.05) is 19.5 Å². The Bertz CT molecular complexity index is 473. The van der Waals surface area contributed by atoms with Crippen LogP contribution >= 0.6 is 0 Å². The minimum absolute atomic E-state index is 0.188. The number of alkyl carbamates (subject to hydrolysis) is 1. The molecular weight excluding hydrogens is 368 g/mol. The number of esters is 1. The van der Waals surface area contributed by atoms with Crippen molar-refractivity contribution >= 4 is 12.1 Å². The summed E-state index contributed by atoms with van der Waals surface area (Å²) in [6.45, 7) is 12.9. The molecule has 1 atom stereocenters. The standard InChI is InChI=1S/C23H40N2O4/c1-4-5-6-7-8-9-10-13-21(14-15-22(26)28-20(2)3)29-23(27)24-16-19-25-17-11-12-18-25/h8-9,20-21H,2-7,10-19H2,1H3,(H,24,27)/b9-8-. The van der Waals surface area contributed by atoms with Gasteiger partial charge in [-0.1, -0.05) is 31.9 Å². The first-order valence-corrected chi connectivity index (χ1v) is 11.2. The molecule has 0 spiro atoms. The maximum absolute atomic E-state index is 12.2. The highest BCUT2D eigenvalue weighted by molar-refractivity contribution is 5.70. The summed E-state index contributed by atoms with van der Waals surface area (Å²) in [4.78, 5) is 26.3. The lowest BCUT2D eigenvalue weighted by Crippen LogP contribution is -2.35. The number of amides is 1. The molecule has 1 N–H and O–H groups in total. The Morgan fingerprint density at radius 1 is 1.07 bits per heavy atom. The van der Waals surface area contributed by atoms with Crippen LogP contribution in [0.3, 0.4) is 0 Å². The van der Waals surface area contributed by atoms with Gasteiger partial charge in [0.25, 0.3) is 0 Å². The molecule has 1 fully saturated rings. The van der Waals surface area contributed by atoms with Gasteiger partial charge in [-0.2, -0.15) is 0 Å². The van der Waals surface area contributed by atoms with Crippen molar-refractivity contribution in [3.05, 3.63) is 26.0 Å². The largest absolute Gasteiger partial charge is 0.462 e. The summed E-state index contributed by atoms with van der Waals surface area (Å²) in [5.41, 5.74) is 0. The summed E-state index contributed by atoms with van der Waals surface area (Å²) in [5, 5.41) is 2.83. The first-order chi connectivity index (χ1) is 14.0. The summed E-state index contributed by atoms with van der Waals surface area (Å²) < 4.78 is 10.5. The van der Waals surface area contributed by atoms with E-state index < -0.39 is 12.2 Å². The molecule has 1 heterocycles. The number of unbranched alkanes of at least 4 members (excludes halogenated alkanes) is 3. The molecule has 1 unspecified atom stereocenters. The number of nitrogens with one attached hydrogen (secondary N) is 1. The van der Waals surface area contributed by atoms with Gasteiger partial charge < -0.3 is 19.7 Å². The lowest BCUT2D eigenvalue weighted by molar-refractivity contribution is -0.146. The van der Waals surface area contributed by atoms with Crippen molar-refractivity contribution in [3.63, 3.8) is 0 Å². The normalized spacial score (nSPS) is 15.7. The van der Waals surface area contributed by atoms with E-state index in [0.29, 0.717) is 19.4 Å². The highest BCUT2D eigenvalue weighted by Crippen LogP contribution is 2.13. The number of carbonyl (C=O) groups is 2. The average molecular weight is 409 g/mol. The molecule has 1 rings (SSSR count). The van der Waals surface area contributed by atoms with E-state index >= 15 is 0 Å². The number of ether oxygens (including phenoxy) is 2. The van der Waals surface area contributed by atoms with Crippen LogP contribution in [0.5, 0.6) is 0 Å². The zero-order valence-corrected chi connectivity index (χ0v) is 18.2. The summed E-state index contributed by atoms with van der Waals surface area (Å²) in [6, 6.07) is 0. The third-order valence-electron chi connectivity index (χ3n) is 4.93. The molecule has 1 saturated heterocycles. The fourth-order valence-corrected chi connectivity index (χ4v) is 3.33. The van der Waals surface area contributed by atoms with Crippen molar-refractivity contribution in [2.45, 2.75) is 83.3 Å². The number of nitrogens with zero attached hydrogens (tertiary/aromatic N) is 1. The van der Waals surface area contributed by atoms with Gasteiger partial charge in [0.15, 0.2) is 0 Å². The van der Waals surface area contributed by atoms with Gasteiger partial charge in [-0.25, -0.2) is 4.79 Å². The van der Waals surface area contributed by atoms with Gasteiger partial charge in [-0.05, 0) is 71.9 Å². The Labute approximate surface area is 177 Å². The molecule has 0 aromatic carbocycles. The summed E-state index contributed by atoms with van der Waals surface area (Å²) in [6.07, 6.45) is 12.3. The second-order valence-corrected chi connectivity index (χ2v) is 7.70. The number of likely N-dealkylation sites (tertiary alicyclic amines) is 1. The zero-order chi connectivity index (χ0) is 21.3. The van der Waals surface area contributed by atoms with Gasteiger partial charge in [0.1, 0.15) is 12.2 Å². The molecule has 6 nitrogen and oxygen atoms in total. The average Bonchev–Trinajstić information content (AvgIpc) is 3.18. The van der Waals surface area contributed by atoms with Crippen molar-refractivity contribution in [2.24, 2.45) is 0 Å². The highest BCUT2D eigenvalue weighted by Gasteiger charge is 2.17. The maximum atomic E-state index is 12.2. The second kappa shape index (κ2) is 16.3. The van der Waals surface area contributed by atoms with E-state index in [-0.39, 0.29) is 18.5 Å². The van der Waals surface area contributed by atoms with E-state index in [4.69, 9.17) is 9.47 Å².